The third-order valence-corrected chi connectivity index (χ3v) is 3.48. The van der Waals surface area contributed by atoms with Gasteiger partial charge in [0.1, 0.15) is 0 Å². The van der Waals surface area contributed by atoms with Gasteiger partial charge in [0, 0.05) is 0 Å². The molecule has 0 aromatic heterocycles. The maximum Gasteiger partial charge on any atom is 0.306 e. The minimum Gasteiger partial charge on any atom is -0.481 e. The predicted molar refractivity (Wildman–Crippen MR) is 52.5 cm³/mol. The zero-order chi connectivity index (χ0) is 10.1. The summed E-state index contributed by atoms with van der Waals surface area (Å²) in [6.07, 6.45) is 4.52. The molecule has 1 saturated carbocycles. The van der Waals surface area contributed by atoms with Gasteiger partial charge in [-0.25, -0.2) is 0 Å². The third-order valence-electron chi connectivity index (χ3n) is 3.48. The molecule has 2 heteroatoms. The van der Waals surface area contributed by atoms with Crippen molar-refractivity contribution >= 4 is 5.97 Å². The van der Waals surface area contributed by atoms with E-state index in [0.29, 0.717) is 11.3 Å². The van der Waals surface area contributed by atoms with Crippen molar-refractivity contribution in [2.75, 3.05) is 0 Å². The van der Waals surface area contributed by atoms with E-state index in [2.05, 4.69) is 13.8 Å². The first-order chi connectivity index (χ1) is 5.92. The van der Waals surface area contributed by atoms with Crippen LogP contribution in [0.2, 0.25) is 0 Å². The van der Waals surface area contributed by atoms with E-state index < -0.39 is 5.97 Å². The Morgan fingerprint density at radius 3 is 2.23 bits per heavy atom. The van der Waals surface area contributed by atoms with E-state index in [1.807, 2.05) is 6.92 Å². The fourth-order valence-corrected chi connectivity index (χ4v) is 2.12. The lowest BCUT2D eigenvalue weighted by atomic mass is 9.70. The zero-order valence-corrected chi connectivity index (χ0v) is 8.84. The topological polar surface area (TPSA) is 37.3 Å². The fourth-order valence-electron chi connectivity index (χ4n) is 2.12. The first-order valence-electron chi connectivity index (χ1n) is 5.15. The maximum absolute atomic E-state index is 10.8. The van der Waals surface area contributed by atoms with Gasteiger partial charge in [0.2, 0.25) is 0 Å². The van der Waals surface area contributed by atoms with E-state index in [4.69, 9.17) is 5.11 Å². The van der Waals surface area contributed by atoms with Crippen molar-refractivity contribution in [2.24, 2.45) is 17.3 Å². The average Bonchev–Trinajstić information content (AvgIpc) is 2.03. The zero-order valence-electron chi connectivity index (χ0n) is 8.84. The average molecular weight is 184 g/mol. The maximum atomic E-state index is 10.8. The van der Waals surface area contributed by atoms with Crippen LogP contribution in [0.1, 0.15) is 46.5 Å². The van der Waals surface area contributed by atoms with Gasteiger partial charge in [-0.05, 0) is 37.0 Å². The summed E-state index contributed by atoms with van der Waals surface area (Å²) in [7, 11) is 0. The van der Waals surface area contributed by atoms with Gasteiger partial charge in [0.15, 0.2) is 0 Å². The van der Waals surface area contributed by atoms with Gasteiger partial charge in [0.05, 0.1) is 5.92 Å². The van der Waals surface area contributed by atoms with Crippen molar-refractivity contribution < 1.29 is 9.90 Å². The Morgan fingerprint density at radius 1 is 1.38 bits per heavy atom. The highest BCUT2D eigenvalue weighted by molar-refractivity contribution is 5.69. The van der Waals surface area contributed by atoms with Crippen LogP contribution < -0.4 is 0 Å². The highest BCUT2D eigenvalue weighted by Gasteiger charge is 2.31. The molecule has 1 rings (SSSR count). The smallest absolute Gasteiger partial charge is 0.306 e. The molecule has 0 amide bonds. The van der Waals surface area contributed by atoms with Gasteiger partial charge in [-0.3, -0.25) is 4.79 Å². The van der Waals surface area contributed by atoms with Crippen molar-refractivity contribution in [3.05, 3.63) is 0 Å². The molecule has 1 aliphatic rings. The van der Waals surface area contributed by atoms with Crippen LogP contribution in [-0.2, 0) is 4.79 Å². The van der Waals surface area contributed by atoms with Gasteiger partial charge >= 0.3 is 5.97 Å². The second kappa shape index (κ2) is 3.69. The predicted octanol–water partition coefficient (Wildman–Crippen LogP) is 2.92. The van der Waals surface area contributed by atoms with Crippen LogP contribution >= 0.6 is 0 Å². The number of carbonyl (C=O) groups is 1. The molecule has 0 aromatic rings. The van der Waals surface area contributed by atoms with Crippen LogP contribution in [0.15, 0.2) is 0 Å². The molecular formula is C11H20O2. The quantitative estimate of drug-likeness (QED) is 0.716. The first-order valence-corrected chi connectivity index (χ1v) is 5.15. The Kier molecular flexibility index (Phi) is 2.99. The van der Waals surface area contributed by atoms with E-state index in [9.17, 15) is 4.79 Å². The molecule has 0 aliphatic heterocycles. The number of rotatable bonds is 2. The first kappa shape index (κ1) is 10.6. The summed E-state index contributed by atoms with van der Waals surface area (Å²) in [6, 6.07) is 0. The van der Waals surface area contributed by atoms with Crippen LogP contribution in [0.5, 0.6) is 0 Å². The largest absolute Gasteiger partial charge is 0.481 e. The summed E-state index contributed by atoms with van der Waals surface area (Å²) in [5.41, 5.74) is 0.439. The summed E-state index contributed by atoms with van der Waals surface area (Å²) < 4.78 is 0. The summed E-state index contributed by atoms with van der Waals surface area (Å²) in [5, 5.41) is 8.86. The molecule has 13 heavy (non-hydrogen) atoms. The highest BCUT2D eigenvalue weighted by Crippen LogP contribution is 2.40. The molecule has 1 atom stereocenters. The number of carboxylic acids is 1. The Labute approximate surface area is 80.3 Å². The Morgan fingerprint density at radius 2 is 1.85 bits per heavy atom. The molecule has 1 aliphatic carbocycles. The Bertz CT molecular complexity index is 186. The fraction of sp³-hybridized carbons (Fsp3) is 0.909. The molecule has 0 heterocycles. The summed E-state index contributed by atoms with van der Waals surface area (Å²) in [4.78, 5) is 10.8. The lowest BCUT2D eigenvalue weighted by Gasteiger charge is -2.35. The van der Waals surface area contributed by atoms with Gasteiger partial charge in [-0.2, -0.15) is 0 Å². The minimum atomic E-state index is -0.635. The van der Waals surface area contributed by atoms with E-state index in [-0.39, 0.29) is 5.92 Å². The number of hydrogen-bond acceptors (Lipinski definition) is 1. The molecule has 0 aromatic carbocycles. The molecule has 0 saturated heterocycles. The van der Waals surface area contributed by atoms with Crippen molar-refractivity contribution in [1.29, 1.82) is 0 Å². The van der Waals surface area contributed by atoms with Crippen LogP contribution in [0.4, 0.5) is 0 Å². The monoisotopic (exact) mass is 184 g/mol. The lowest BCUT2D eigenvalue weighted by molar-refractivity contribution is -0.143. The van der Waals surface area contributed by atoms with Gasteiger partial charge < -0.3 is 5.11 Å². The Balaban J connectivity index is 2.45. The molecule has 1 unspecified atom stereocenters. The van der Waals surface area contributed by atoms with Gasteiger partial charge in [-0.1, -0.05) is 20.8 Å². The SMILES string of the molecule is CC(C(=O)O)C1CCC(C)(C)CC1. The van der Waals surface area contributed by atoms with E-state index in [1.54, 1.807) is 0 Å². The van der Waals surface area contributed by atoms with Crippen LogP contribution in [0, 0.1) is 17.3 Å². The van der Waals surface area contributed by atoms with Crippen molar-refractivity contribution in [3.63, 3.8) is 0 Å². The van der Waals surface area contributed by atoms with E-state index in [0.717, 1.165) is 12.8 Å². The molecular weight excluding hydrogens is 164 g/mol. The van der Waals surface area contributed by atoms with Gasteiger partial charge in [0.25, 0.3) is 0 Å². The molecule has 0 bridgehead atoms. The normalized spacial score (nSPS) is 25.5. The number of hydrogen-bond donors (Lipinski definition) is 1. The van der Waals surface area contributed by atoms with E-state index in [1.165, 1.54) is 12.8 Å². The third kappa shape index (κ3) is 2.71. The minimum absolute atomic E-state index is 0.156. The molecule has 2 nitrogen and oxygen atoms in total. The second-order valence-corrected chi connectivity index (χ2v) is 5.13. The van der Waals surface area contributed by atoms with Crippen molar-refractivity contribution in [2.45, 2.75) is 46.5 Å². The van der Waals surface area contributed by atoms with Crippen LogP contribution in [-0.4, -0.2) is 11.1 Å². The molecule has 0 spiro atoms. The molecule has 0 radical (unpaired) electrons. The van der Waals surface area contributed by atoms with Crippen molar-refractivity contribution in [3.8, 4) is 0 Å². The van der Waals surface area contributed by atoms with Crippen LogP contribution in [0.3, 0.4) is 0 Å². The summed E-state index contributed by atoms with van der Waals surface area (Å²) >= 11 is 0. The summed E-state index contributed by atoms with van der Waals surface area (Å²) in [5.74, 6) is -0.383. The van der Waals surface area contributed by atoms with Crippen molar-refractivity contribution in [1.82, 2.24) is 0 Å². The number of carboxylic acid groups (broad SMARTS) is 1. The van der Waals surface area contributed by atoms with Crippen LogP contribution in [0.25, 0.3) is 0 Å². The highest BCUT2D eigenvalue weighted by atomic mass is 16.4. The summed E-state index contributed by atoms with van der Waals surface area (Å²) in [6.45, 7) is 6.38. The molecule has 76 valence electrons. The standard InChI is InChI=1S/C11H20O2/c1-8(10(12)13)9-4-6-11(2,3)7-5-9/h8-9H,4-7H2,1-3H3,(H,12,13). The second-order valence-electron chi connectivity index (χ2n) is 5.13. The Hall–Kier alpha value is -0.530. The molecule has 1 fully saturated rings. The number of aliphatic carboxylic acids is 1. The lowest BCUT2D eigenvalue weighted by Crippen LogP contribution is -2.28. The van der Waals surface area contributed by atoms with Gasteiger partial charge in [-0.15, -0.1) is 0 Å². The van der Waals surface area contributed by atoms with E-state index >= 15 is 0 Å². The molecule has 1 N–H and O–H groups in total.